The summed E-state index contributed by atoms with van der Waals surface area (Å²) < 4.78 is 0. The van der Waals surface area contributed by atoms with Crippen LogP contribution in [-0.2, 0) is 9.59 Å². The van der Waals surface area contributed by atoms with Gasteiger partial charge in [-0.05, 0) is 6.42 Å². The Morgan fingerprint density at radius 1 is 1.33 bits per heavy atom. The van der Waals surface area contributed by atoms with E-state index in [1.165, 1.54) is 0 Å². The highest BCUT2D eigenvalue weighted by Gasteiger charge is 2.32. The Balaban J connectivity index is 1.91. The molecule has 2 aliphatic rings. The second kappa shape index (κ2) is 6.96. The van der Waals surface area contributed by atoms with Gasteiger partial charge in [-0.3, -0.25) is 19.9 Å². The summed E-state index contributed by atoms with van der Waals surface area (Å²) in [5.41, 5.74) is 2.56. The van der Waals surface area contributed by atoms with Crippen LogP contribution < -0.4 is 20.9 Å². The Hall–Kier alpha value is -2.48. The van der Waals surface area contributed by atoms with Crippen molar-refractivity contribution in [1.29, 1.82) is 5.41 Å². The van der Waals surface area contributed by atoms with Crippen LogP contribution in [0.5, 0.6) is 0 Å². The highest BCUT2D eigenvalue weighted by molar-refractivity contribution is 6.18. The van der Waals surface area contributed by atoms with Crippen molar-refractivity contribution in [2.75, 3.05) is 43.4 Å². The Labute approximate surface area is 140 Å². The monoisotopic (exact) mass is 330 g/mol. The normalized spacial score (nSPS) is 21.4. The molecular formula is C16H22N6O2. The molecule has 2 amide bonds. The van der Waals surface area contributed by atoms with Crippen LogP contribution in [0.25, 0.3) is 0 Å². The van der Waals surface area contributed by atoms with E-state index in [0.29, 0.717) is 12.0 Å². The lowest BCUT2D eigenvalue weighted by Crippen LogP contribution is -2.45. The number of nitrogens with one attached hydrogen (secondary N) is 4. The van der Waals surface area contributed by atoms with E-state index >= 15 is 0 Å². The highest BCUT2D eigenvalue weighted by Crippen LogP contribution is 2.31. The number of aromatic nitrogens is 1. The van der Waals surface area contributed by atoms with Crippen LogP contribution in [0, 0.1) is 11.3 Å². The van der Waals surface area contributed by atoms with Gasteiger partial charge < -0.3 is 20.9 Å². The van der Waals surface area contributed by atoms with E-state index in [-0.39, 0.29) is 18.0 Å². The lowest BCUT2D eigenvalue weighted by Gasteiger charge is -2.32. The van der Waals surface area contributed by atoms with E-state index < -0.39 is 11.8 Å². The van der Waals surface area contributed by atoms with Gasteiger partial charge in [-0.1, -0.05) is 0 Å². The third-order valence-electron chi connectivity index (χ3n) is 4.51. The lowest BCUT2D eigenvalue weighted by atomic mass is 9.89. The van der Waals surface area contributed by atoms with Gasteiger partial charge >= 0.3 is 0 Å². The molecule has 1 aromatic heterocycles. The molecular weight excluding hydrogens is 308 g/mol. The van der Waals surface area contributed by atoms with Crippen LogP contribution >= 0.6 is 0 Å². The predicted molar refractivity (Wildman–Crippen MR) is 91.6 cm³/mol. The molecule has 128 valence electrons. The van der Waals surface area contributed by atoms with E-state index in [1.807, 2.05) is 7.05 Å². The van der Waals surface area contributed by atoms with Crippen molar-refractivity contribution in [3.8, 4) is 0 Å². The molecule has 4 N–H and O–H groups in total. The summed E-state index contributed by atoms with van der Waals surface area (Å²) in [4.78, 5) is 29.9. The first-order valence-electron chi connectivity index (χ1n) is 8.15. The van der Waals surface area contributed by atoms with Crippen LogP contribution in [0.4, 0.5) is 11.4 Å². The molecule has 2 fully saturated rings. The number of rotatable bonds is 4. The second-order valence-electron chi connectivity index (χ2n) is 5.99. The van der Waals surface area contributed by atoms with E-state index in [0.717, 1.165) is 37.6 Å². The van der Waals surface area contributed by atoms with Gasteiger partial charge in [0.25, 0.3) is 0 Å². The van der Waals surface area contributed by atoms with Crippen LogP contribution in [0.1, 0.15) is 18.4 Å². The van der Waals surface area contributed by atoms with Crippen molar-refractivity contribution in [3.63, 3.8) is 0 Å². The molecule has 1 aromatic rings. The van der Waals surface area contributed by atoms with Gasteiger partial charge in [0.05, 0.1) is 29.2 Å². The number of hydrogen-bond acceptors (Lipinski definition) is 7. The summed E-state index contributed by atoms with van der Waals surface area (Å²) in [6.45, 7) is 3.53. The average Bonchev–Trinajstić information content (AvgIpc) is 2.61. The molecule has 2 aliphatic heterocycles. The quantitative estimate of drug-likeness (QED) is 0.455. The van der Waals surface area contributed by atoms with Crippen molar-refractivity contribution in [1.82, 2.24) is 15.6 Å². The molecule has 0 spiro atoms. The van der Waals surface area contributed by atoms with Crippen molar-refractivity contribution in [2.45, 2.75) is 12.8 Å². The fourth-order valence-corrected chi connectivity index (χ4v) is 3.22. The number of anilines is 2. The fraction of sp³-hybridized carbons (Fsp3) is 0.500. The molecule has 0 saturated carbocycles. The van der Waals surface area contributed by atoms with E-state index in [4.69, 9.17) is 5.41 Å². The van der Waals surface area contributed by atoms with Crippen molar-refractivity contribution >= 4 is 28.9 Å². The number of amides is 2. The molecule has 3 heterocycles. The molecule has 3 rings (SSSR count). The average molecular weight is 330 g/mol. The van der Waals surface area contributed by atoms with E-state index in [9.17, 15) is 9.59 Å². The van der Waals surface area contributed by atoms with Gasteiger partial charge in [-0.25, -0.2) is 0 Å². The van der Waals surface area contributed by atoms with Gasteiger partial charge in [-0.2, -0.15) is 0 Å². The number of nitrogens with zero attached hydrogens (tertiary/aromatic N) is 2. The molecule has 0 aliphatic carbocycles. The molecule has 24 heavy (non-hydrogen) atoms. The minimum atomic E-state index is -0.616. The molecule has 2 saturated heterocycles. The Morgan fingerprint density at radius 2 is 2.08 bits per heavy atom. The zero-order chi connectivity index (χ0) is 17.1. The molecule has 0 radical (unpaired) electrons. The summed E-state index contributed by atoms with van der Waals surface area (Å²) in [6.07, 6.45) is 4.03. The maximum atomic E-state index is 12.1. The second-order valence-corrected chi connectivity index (χ2v) is 5.99. The van der Waals surface area contributed by atoms with E-state index in [1.54, 1.807) is 12.4 Å². The molecule has 8 nitrogen and oxygen atoms in total. The number of carbonyl (C=O) groups is 2. The van der Waals surface area contributed by atoms with Gasteiger partial charge in [0, 0.05) is 51.4 Å². The minimum Gasteiger partial charge on any atom is -0.386 e. The summed E-state index contributed by atoms with van der Waals surface area (Å²) >= 11 is 0. The third kappa shape index (κ3) is 3.09. The van der Waals surface area contributed by atoms with E-state index in [2.05, 4.69) is 25.8 Å². The minimum absolute atomic E-state index is 0.203. The first-order valence-corrected chi connectivity index (χ1v) is 8.15. The van der Waals surface area contributed by atoms with Crippen LogP contribution in [0.2, 0.25) is 0 Å². The van der Waals surface area contributed by atoms with Crippen molar-refractivity contribution < 1.29 is 9.59 Å². The molecule has 0 bridgehead atoms. The van der Waals surface area contributed by atoms with Gasteiger partial charge in [0.2, 0.25) is 11.8 Å². The zero-order valence-corrected chi connectivity index (χ0v) is 13.7. The first kappa shape index (κ1) is 16.4. The summed E-state index contributed by atoms with van der Waals surface area (Å²) in [6, 6.07) is 0. The fourth-order valence-electron chi connectivity index (χ4n) is 3.22. The van der Waals surface area contributed by atoms with Crippen LogP contribution in [0.3, 0.4) is 0 Å². The predicted octanol–water partition coefficient (Wildman–Crippen LogP) is -0.0464. The van der Waals surface area contributed by atoms with Crippen molar-refractivity contribution in [2.24, 2.45) is 5.92 Å². The smallest absolute Gasteiger partial charge is 0.235 e. The molecule has 8 heteroatoms. The molecule has 1 unspecified atom stereocenters. The topological polar surface area (TPSA) is 110 Å². The number of piperazine rings is 1. The Bertz CT molecular complexity index is 669. The maximum absolute atomic E-state index is 12.1. The summed E-state index contributed by atoms with van der Waals surface area (Å²) in [5.74, 6) is -1.29. The third-order valence-corrected chi connectivity index (χ3v) is 4.51. The van der Waals surface area contributed by atoms with Gasteiger partial charge in [0.1, 0.15) is 0 Å². The number of carbonyl (C=O) groups excluding carboxylic acids is 2. The van der Waals surface area contributed by atoms with Gasteiger partial charge in [0.15, 0.2) is 0 Å². The number of piperidine rings is 1. The number of imide groups is 1. The maximum Gasteiger partial charge on any atom is 0.235 e. The zero-order valence-electron chi connectivity index (χ0n) is 13.7. The van der Waals surface area contributed by atoms with Crippen LogP contribution in [0.15, 0.2) is 12.4 Å². The van der Waals surface area contributed by atoms with Crippen molar-refractivity contribution in [3.05, 3.63) is 18.0 Å². The summed E-state index contributed by atoms with van der Waals surface area (Å²) in [5, 5.41) is 17.3. The molecule has 1 atom stereocenters. The first-order chi connectivity index (χ1) is 11.6. The number of hydrogen-bond donors (Lipinski definition) is 4. The number of pyridine rings is 1. The Morgan fingerprint density at radius 3 is 2.75 bits per heavy atom. The highest BCUT2D eigenvalue weighted by atomic mass is 16.2. The van der Waals surface area contributed by atoms with Crippen LogP contribution in [-0.4, -0.2) is 55.7 Å². The SMILES string of the molecule is CNc1c(C(=N)C2CCC(=O)NC2=O)cncc1N1CCNCC1. The Kier molecular flexibility index (Phi) is 4.75. The standard InChI is InChI=1S/C16H22N6O2/c1-18-15-11(14(17)10-2-3-13(23)21-16(10)24)8-20-9-12(15)22-6-4-19-5-7-22/h8-10,17,19H,2-7H2,1H3,(H,18,20)(H,21,23,24). The lowest BCUT2D eigenvalue weighted by molar-refractivity contribution is -0.134. The molecule has 0 aromatic carbocycles. The summed E-state index contributed by atoms with van der Waals surface area (Å²) in [7, 11) is 1.81. The largest absolute Gasteiger partial charge is 0.386 e. The van der Waals surface area contributed by atoms with Gasteiger partial charge in [-0.15, -0.1) is 0 Å².